The van der Waals surface area contributed by atoms with Crippen molar-refractivity contribution in [1.82, 2.24) is 19.2 Å². The summed E-state index contributed by atoms with van der Waals surface area (Å²) >= 11 is 0. The Balaban J connectivity index is 1.77. The van der Waals surface area contributed by atoms with E-state index >= 15 is 0 Å². The van der Waals surface area contributed by atoms with E-state index in [2.05, 4.69) is 16.1 Å². The predicted molar refractivity (Wildman–Crippen MR) is 104 cm³/mol. The van der Waals surface area contributed by atoms with Gasteiger partial charge < -0.3 is 4.74 Å². The zero-order valence-electron chi connectivity index (χ0n) is 15.5. The summed E-state index contributed by atoms with van der Waals surface area (Å²) in [6.45, 7) is 4.28. The topological polar surface area (TPSA) is 61.4 Å². The number of fused-ring (bicyclic) bond motifs is 1. The molecular weight excluding hydrogens is 340 g/mol. The number of methoxy groups -OCH3 is 1. The van der Waals surface area contributed by atoms with Gasteiger partial charge in [-0.05, 0) is 43.7 Å². The van der Waals surface area contributed by atoms with Gasteiger partial charge in [0.15, 0.2) is 5.65 Å². The third kappa shape index (κ3) is 3.21. The molecule has 2 aromatic heterocycles. The lowest BCUT2D eigenvalue weighted by Crippen LogP contribution is -2.23. The molecule has 136 valence electrons. The molecule has 6 nitrogen and oxygen atoms in total. The zero-order chi connectivity index (χ0) is 19.0. The normalized spacial score (nSPS) is 11.1. The first-order valence-corrected chi connectivity index (χ1v) is 8.72. The molecule has 0 radical (unpaired) electrons. The van der Waals surface area contributed by atoms with Crippen molar-refractivity contribution in [3.8, 4) is 17.0 Å². The standard InChI is InChI=1S/C21H20N4O2/c1-14-5-4-6-16(11-14)13-24-21(26)25-15(2)22-19(12-20(25)23-24)17-7-9-18(27-3)10-8-17/h4-12H,13H2,1-3H3. The molecule has 0 amide bonds. The fourth-order valence-electron chi connectivity index (χ4n) is 3.20. The summed E-state index contributed by atoms with van der Waals surface area (Å²) in [4.78, 5) is 17.4. The van der Waals surface area contributed by atoms with Crippen LogP contribution in [-0.4, -0.2) is 26.3 Å². The largest absolute Gasteiger partial charge is 0.497 e. The first kappa shape index (κ1) is 17.0. The summed E-state index contributed by atoms with van der Waals surface area (Å²) in [7, 11) is 1.64. The van der Waals surface area contributed by atoms with Gasteiger partial charge in [0, 0.05) is 11.6 Å². The van der Waals surface area contributed by atoms with Crippen molar-refractivity contribution in [2.45, 2.75) is 20.4 Å². The Kier molecular flexibility index (Phi) is 4.24. The van der Waals surface area contributed by atoms with Crippen LogP contribution in [0, 0.1) is 13.8 Å². The van der Waals surface area contributed by atoms with Gasteiger partial charge in [0.2, 0.25) is 0 Å². The minimum atomic E-state index is -0.183. The van der Waals surface area contributed by atoms with Crippen LogP contribution >= 0.6 is 0 Å². The van der Waals surface area contributed by atoms with Crippen molar-refractivity contribution in [3.63, 3.8) is 0 Å². The van der Waals surface area contributed by atoms with Gasteiger partial charge in [-0.2, -0.15) is 0 Å². The molecule has 0 aliphatic rings. The van der Waals surface area contributed by atoms with Crippen LogP contribution in [-0.2, 0) is 6.54 Å². The summed E-state index contributed by atoms with van der Waals surface area (Å²) in [5, 5.41) is 4.52. The van der Waals surface area contributed by atoms with Crippen LogP contribution in [0.3, 0.4) is 0 Å². The molecule has 0 saturated heterocycles. The molecule has 0 spiro atoms. The van der Waals surface area contributed by atoms with Crippen molar-refractivity contribution >= 4 is 5.65 Å². The van der Waals surface area contributed by atoms with E-state index in [1.807, 2.05) is 62.4 Å². The summed E-state index contributed by atoms with van der Waals surface area (Å²) < 4.78 is 8.23. The smallest absolute Gasteiger partial charge is 0.352 e. The first-order chi connectivity index (χ1) is 13.0. The maximum atomic E-state index is 12.8. The van der Waals surface area contributed by atoms with Gasteiger partial charge in [-0.25, -0.2) is 18.9 Å². The monoisotopic (exact) mass is 360 g/mol. The molecule has 0 saturated carbocycles. The van der Waals surface area contributed by atoms with Crippen molar-refractivity contribution in [3.05, 3.63) is 82.0 Å². The van der Waals surface area contributed by atoms with Crippen molar-refractivity contribution < 1.29 is 4.74 Å². The van der Waals surface area contributed by atoms with Crippen LogP contribution in [0.4, 0.5) is 0 Å². The number of rotatable bonds is 4. The van der Waals surface area contributed by atoms with Gasteiger partial charge in [-0.3, -0.25) is 0 Å². The highest BCUT2D eigenvalue weighted by Crippen LogP contribution is 2.21. The average Bonchev–Trinajstić information content (AvgIpc) is 2.98. The molecule has 2 heterocycles. The van der Waals surface area contributed by atoms with Gasteiger partial charge in [0.05, 0.1) is 19.3 Å². The van der Waals surface area contributed by atoms with E-state index in [-0.39, 0.29) is 5.69 Å². The van der Waals surface area contributed by atoms with Crippen molar-refractivity contribution in [2.75, 3.05) is 7.11 Å². The number of hydrogen-bond donors (Lipinski definition) is 0. The lowest BCUT2D eigenvalue weighted by Gasteiger charge is -2.05. The Hall–Kier alpha value is -3.41. The van der Waals surface area contributed by atoms with E-state index in [1.54, 1.807) is 11.5 Å². The quantitative estimate of drug-likeness (QED) is 0.561. The van der Waals surface area contributed by atoms with Gasteiger partial charge >= 0.3 is 5.69 Å². The van der Waals surface area contributed by atoms with Crippen LogP contribution in [0.15, 0.2) is 59.4 Å². The molecule has 27 heavy (non-hydrogen) atoms. The lowest BCUT2D eigenvalue weighted by atomic mass is 10.1. The molecule has 0 aliphatic carbocycles. The molecule has 0 N–H and O–H groups in total. The fourth-order valence-corrected chi connectivity index (χ4v) is 3.20. The highest BCUT2D eigenvalue weighted by molar-refractivity contribution is 5.64. The number of benzene rings is 2. The molecule has 0 aliphatic heterocycles. The molecule has 0 unspecified atom stereocenters. The molecule has 2 aromatic carbocycles. The van der Waals surface area contributed by atoms with E-state index in [0.717, 1.165) is 28.1 Å². The molecule has 6 heteroatoms. The average molecular weight is 360 g/mol. The summed E-state index contributed by atoms with van der Waals surface area (Å²) in [6.07, 6.45) is 0. The second kappa shape index (κ2) is 6.72. The Labute approximate surface area is 156 Å². The maximum Gasteiger partial charge on any atom is 0.352 e. The van der Waals surface area contributed by atoms with Crippen LogP contribution in [0.25, 0.3) is 16.9 Å². The zero-order valence-corrected chi connectivity index (χ0v) is 15.5. The summed E-state index contributed by atoms with van der Waals surface area (Å²) in [6, 6.07) is 17.6. The van der Waals surface area contributed by atoms with Crippen LogP contribution in [0.1, 0.15) is 17.0 Å². The first-order valence-electron chi connectivity index (χ1n) is 8.72. The molecular formula is C21H20N4O2. The number of hydrogen-bond acceptors (Lipinski definition) is 4. The molecule has 0 bridgehead atoms. The Morgan fingerprint density at radius 1 is 1.04 bits per heavy atom. The van der Waals surface area contributed by atoms with E-state index in [9.17, 15) is 4.79 Å². The van der Waals surface area contributed by atoms with E-state index < -0.39 is 0 Å². The number of nitrogens with zero attached hydrogens (tertiary/aromatic N) is 4. The Morgan fingerprint density at radius 2 is 1.81 bits per heavy atom. The molecule has 0 fully saturated rings. The van der Waals surface area contributed by atoms with E-state index in [4.69, 9.17) is 4.74 Å². The number of ether oxygens (including phenoxy) is 1. The van der Waals surface area contributed by atoms with Gasteiger partial charge in [0.25, 0.3) is 0 Å². The highest BCUT2D eigenvalue weighted by atomic mass is 16.5. The van der Waals surface area contributed by atoms with Crippen molar-refractivity contribution in [1.29, 1.82) is 0 Å². The molecule has 4 aromatic rings. The fraction of sp³-hybridized carbons (Fsp3) is 0.190. The van der Waals surface area contributed by atoms with Crippen LogP contribution in [0.5, 0.6) is 5.75 Å². The van der Waals surface area contributed by atoms with E-state index in [1.165, 1.54) is 4.68 Å². The predicted octanol–water partition coefficient (Wildman–Crippen LogP) is 3.23. The summed E-state index contributed by atoms with van der Waals surface area (Å²) in [5.74, 6) is 1.40. The summed E-state index contributed by atoms with van der Waals surface area (Å²) in [5.41, 5.74) is 4.33. The van der Waals surface area contributed by atoms with Gasteiger partial charge in [-0.1, -0.05) is 29.8 Å². The minimum absolute atomic E-state index is 0.183. The van der Waals surface area contributed by atoms with E-state index in [0.29, 0.717) is 18.0 Å². The maximum absolute atomic E-state index is 12.8. The third-order valence-corrected chi connectivity index (χ3v) is 4.54. The second-order valence-electron chi connectivity index (χ2n) is 6.54. The number of aromatic nitrogens is 4. The molecule has 4 rings (SSSR count). The third-order valence-electron chi connectivity index (χ3n) is 4.54. The Bertz CT molecular complexity index is 1170. The number of aryl methyl sites for hydroxylation is 2. The molecule has 0 atom stereocenters. The minimum Gasteiger partial charge on any atom is -0.497 e. The van der Waals surface area contributed by atoms with Gasteiger partial charge in [-0.15, -0.1) is 5.10 Å². The highest BCUT2D eigenvalue weighted by Gasteiger charge is 2.13. The van der Waals surface area contributed by atoms with Gasteiger partial charge in [0.1, 0.15) is 11.6 Å². The van der Waals surface area contributed by atoms with Crippen LogP contribution < -0.4 is 10.4 Å². The Morgan fingerprint density at radius 3 is 2.52 bits per heavy atom. The van der Waals surface area contributed by atoms with Crippen LogP contribution in [0.2, 0.25) is 0 Å². The lowest BCUT2D eigenvalue weighted by molar-refractivity contribution is 0.415. The SMILES string of the molecule is COc1ccc(-c2cc3nn(Cc4cccc(C)c4)c(=O)n3c(C)n2)cc1. The second-order valence-corrected chi connectivity index (χ2v) is 6.54. The van der Waals surface area contributed by atoms with Crippen molar-refractivity contribution in [2.24, 2.45) is 0 Å².